The van der Waals surface area contributed by atoms with Crippen LogP contribution in [-0.2, 0) is 0 Å². The number of nitrogens with two attached hydrogens (primary N) is 3. The van der Waals surface area contributed by atoms with E-state index < -0.39 is 0 Å². The Morgan fingerprint density at radius 1 is 0.267 bits per heavy atom. The lowest BCUT2D eigenvalue weighted by atomic mass is 10.0. The standard InChI is InChI=1S/C39H36N6/c40-34-13-1-28(2-14-34)31-7-19-37(20-8-31)43-25-44(38-21-9-32(10-22-38)29-3-15-35(41)16-4-29)27-45(26-43)39-23-11-33(12-24-39)30-5-17-36(42)18-6-30/h1-24H,25-27,40-42H2. The number of anilines is 6. The molecule has 222 valence electrons. The van der Waals surface area contributed by atoms with Crippen molar-refractivity contribution in [1.82, 2.24) is 0 Å². The molecule has 6 heteroatoms. The van der Waals surface area contributed by atoms with Crippen molar-refractivity contribution in [2.45, 2.75) is 0 Å². The van der Waals surface area contributed by atoms with E-state index in [4.69, 9.17) is 17.2 Å². The van der Waals surface area contributed by atoms with Gasteiger partial charge in [-0.25, -0.2) is 0 Å². The maximum atomic E-state index is 5.91. The first-order chi connectivity index (χ1) is 22.0. The van der Waals surface area contributed by atoms with Crippen molar-refractivity contribution in [3.05, 3.63) is 146 Å². The second kappa shape index (κ2) is 12.0. The largest absolute Gasteiger partial charge is 0.399 e. The molecule has 1 saturated heterocycles. The fourth-order valence-electron chi connectivity index (χ4n) is 5.86. The fourth-order valence-corrected chi connectivity index (χ4v) is 5.86. The van der Waals surface area contributed by atoms with Gasteiger partial charge in [-0.2, -0.15) is 0 Å². The van der Waals surface area contributed by atoms with Crippen LogP contribution in [0.1, 0.15) is 0 Å². The Morgan fingerprint density at radius 3 is 0.644 bits per heavy atom. The van der Waals surface area contributed by atoms with Crippen LogP contribution in [-0.4, -0.2) is 20.0 Å². The molecule has 0 atom stereocenters. The molecule has 0 bridgehead atoms. The van der Waals surface area contributed by atoms with Gasteiger partial charge in [0, 0.05) is 34.1 Å². The summed E-state index contributed by atoms with van der Waals surface area (Å²) in [7, 11) is 0. The molecule has 1 aliphatic heterocycles. The molecular weight excluding hydrogens is 552 g/mol. The SMILES string of the molecule is Nc1ccc(-c2ccc(N3CN(c4ccc(-c5ccc(N)cc5)cc4)CN(c4ccc(-c5ccc(N)cc5)cc4)C3)cc2)cc1. The van der Waals surface area contributed by atoms with Crippen LogP contribution >= 0.6 is 0 Å². The van der Waals surface area contributed by atoms with Crippen LogP contribution in [0, 0.1) is 0 Å². The molecule has 0 spiro atoms. The Bertz CT molecular complexity index is 1630. The molecule has 1 heterocycles. The van der Waals surface area contributed by atoms with Crippen LogP contribution in [0.15, 0.2) is 146 Å². The maximum absolute atomic E-state index is 5.91. The number of rotatable bonds is 6. The summed E-state index contributed by atoms with van der Waals surface area (Å²) in [6, 6.07) is 50.5. The molecular formula is C39H36N6. The lowest BCUT2D eigenvalue weighted by Crippen LogP contribution is -2.55. The van der Waals surface area contributed by atoms with E-state index in [-0.39, 0.29) is 0 Å². The molecule has 0 saturated carbocycles. The van der Waals surface area contributed by atoms with Gasteiger partial charge in [0.2, 0.25) is 0 Å². The van der Waals surface area contributed by atoms with E-state index in [1.807, 2.05) is 36.4 Å². The van der Waals surface area contributed by atoms with Gasteiger partial charge in [-0.3, -0.25) is 0 Å². The van der Waals surface area contributed by atoms with Crippen molar-refractivity contribution in [2.24, 2.45) is 0 Å². The van der Waals surface area contributed by atoms with Crippen molar-refractivity contribution in [1.29, 1.82) is 0 Å². The summed E-state index contributed by atoms with van der Waals surface area (Å²) in [5.41, 5.74) is 30.5. The number of benzene rings is 6. The lowest BCUT2D eigenvalue weighted by Gasteiger charge is -2.45. The first-order valence-corrected chi connectivity index (χ1v) is 15.1. The number of hydrogen-bond acceptors (Lipinski definition) is 6. The second-order valence-corrected chi connectivity index (χ2v) is 11.6. The zero-order chi connectivity index (χ0) is 30.8. The zero-order valence-electron chi connectivity index (χ0n) is 25.1. The zero-order valence-corrected chi connectivity index (χ0v) is 25.1. The quantitative estimate of drug-likeness (QED) is 0.170. The average molecular weight is 589 g/mol. The van der Waals surface area contributed by atoms with E-state index in [1.54, 1.807) is 0 Å². The van der Waals surface area contributed by atoms with Gasteiger partial charge in [0.05, 0.1) is 20.0 Å². The Kier molecular flexibility index (Phi) is 7.46. The first kappa shape index (κ1) is 27.9. The van der Waals surface area contributed by atoms with Gasteiger partial charge in [0.15, 0.2) is 0 Å². The van der Waals surface area contributed by atoms with Gasteiger partial charge in [-0.15, -0.1) is 0 Å². The van der Waals surface area contributed by atoms with Crippen molar-refractivity contribution >= 4 is 34.1 Å². The van der Waals surface area contributed by atoms with Crippen LogP contribution in [0.5, 0.6) is 0 Å². The molecule has 6 aromatic carbocycles. The minimum Gasteiger partial charge on any atom is -0.399 e. The molecule has 0 aromatic heterocycles. The Morgan fingerprint density at radius 2 is 0.444 bits per heavy atom. The van der Waals surface area contributed by atoms with Gasteiger partial charge in [0.25, 0.3) is 0 Å². The summed E-state index contributed by atoms with van der Waals surface area (Å²) >= 11 is 0. The highest BCUT2D eigenvalue weighted by Crippen LogP contribution is 2.31. The molecule has 0 aliphatic carbocycles. The van der Waals surface area contributed by atoms with Crippen LogP contribution in [0.3, 0.4) is 0 Å². The molecule has 1 aliphatic rings. The highest BCUT2D eigenvalue weighted by atomic mass is 15.5. The summed E-state index contributed by atoms with van der Waals surface area (Å²) in [6.45, 7) is 2.30. The molecule has 1 fully saturated rings. The fraction of sp³-hybridized carbons (Fsp3) is 0.0769. The summed E-state index contributed by atoms with van der Waals surface area (Å²) < 4.78 is 0. The average Bonchev–Trinajstić information content (AvgIpc) is 3.09. The topological polar surface area (TPSA) is 87.8 Å². The molecule has 6 aromatic rings. The van der Waals surface area contributed by atoms with E-state index in [1.165, 1.54) is 33.8 Å². The highest BCUT2D eigenvalue weighted by molar-refractivity contribution is 5.72. The highest BCUT2D eigenvalue weighted by Gasteiger charge is 2.24. The summed E-state index contributed by atoms with van der Waals surface area (Å²) in [4.78, 5) is 7.24. The monoisotopic (exact) mass is 588 g/mol. The molecule has 0 unspecified atom stereocenters. The van der Waals surface area contributed by atoms with Crippen LogP contribution in [0.25, 0.3) is 33.4 Å². The summed E-state index contributed by atoms with van der Waals surface area (Å²) in [5.74, 6) is 0. The number of nitrogen functional groups attached to an aromatic ring is 3. The van der Waals surface area contributed by atoms with Crippen LogP contribution < -0.4 is 31.9 Å². The van der Waals surface area contributed by atoms with Gasteiger partial charge < -0.3 is 31.9 Å². The van der Waals surface area contributed by atoms with Gasteiger partial charge in [0.1, 0.15) is 0 Å². The van der Waals surface area contributed by atoms with Gasteiger partial charge in [-0.05, 0) is 106 Å². The van der Waals surface area contributed by atoms with E-state index in [9.17, 15) is 0 Å². The predicted molar refractivity (Wildman–Crippen MR) is 191 cm³/mol. The van der Waals surface area contributed by atoms with E-state index in [2.05, 4.69) is 124 Å². The third-order valence-corrected chi connectivity index (χ3v) is 8.45. The minimum atomic E-state index is 0.766. The number of hydrogen-bond donors (Lipinski definition) is 3. The smallest absolute Gasteiger partial charge is 0.0937 e. The minimum absolute atomic E-state index is 0.766. The Balaban J connectivity index is 1.17. The molecule has 7 rings (SSSR count). The molecule has 0 radical (unpaired) electrons. The van der Waals surface area contributed by atoms with Crippen LogP contribution in [0.4, 0.5) is 34.1 Å². The van der Waals surface area contributed by atoms with E-state index in [0.717, 1.165) is 53.8 Å². The third kappa shape index (κ3) is 6.12. The van der Waals surface area contributed by atoms with Crippen molar-refractivity contribution in [3.63, 3.8) is 0 Å². The van der Waals surface area contributed by atoms with Crippen molar-refractivity contribution in [2.75, 3.05) is 51.9 Å². The van der Waals surface area contributed by atoms with Crippen molar-refractivity contribution < 1.29 is 0 Å². The Labute approximate surface area is 264 Å². The maximum Gasteiger partial charge on any atom is 0.0937 e. The van der Waals surface area contributed by atoms with E-state index >= 15 is 0 Å². The van der Waals surface area contributed by atoms with Gasteiger partial charge >= 0.3 is 0 Å². The molecule has 6 N–H and O–H groups in total. The second-order valence-electron chi connectivity index (χ2n) is 11.6. The van der Waals surface area contributed by atoms with Crippen LogP contribution in [0.2, 0.25) is 0 Å². The normalized spacial score (nSPS) is 13.2. The molecule has 45 heavy (non-hydrogen) atoms. The summed E-state index contributed by atoms with van der Waals surface area (Å²) in [5, 5.41) is 0. The molecule has 0 amide bonds. The number of nitrogens with zero attached hydrogens (tertiary/aromatic N) is 3. The van der Waals surface area contributed by atoms with Gasteiger partial charge in [-0.1, -0.05) is 72.8 Å². The molecule has 6 nitrogen and oxygen atoms in total. The van der Waals surface area contributed by atoms with E-state index in [0.29, 0.717) is 0 Å². The third-order valence-electron chi connectivity index (χ3n) is 8.45. The lowest BCUT2D eigenvalue weighted by molar-refractivity contribution is 0.611. The van der Waals surface area contributed by atoms with Crippen molar-refractivity contribution in [3.8, 4) is 33.4 Å². The summed E-state index contributed by atoms with van der Waals surface area (Å²) in [6.07, 6.45) is 0. The predicted octanol–water partition coefficient (Wildman–Crippen LogP) is 8.14. The Hall–Kier alpha value is -5.88. The first-order valence-electron chi connectivity index (χ1n) is 15.1.